The van der Waals surface area contributed by atoms with E-state index in [-0.39, 0.29) is 5.56 Å². The van der Waals surface area contributed by atoms with Gasteiger partial charge in [0.05, 0.1) is 0 Å². The van der Waals surface area contributed by atoms with Crippen LogP contribution in [0.1, 0.15) is 51.8 Å². The van der Waals surface area contributed by atoms with Crippen LogP contribution in [-0.2, 0) is 13.0 Å². The maximum absolute atomic E-state index is 12.0. The number of aryl methyl sites for hydroxylation is 1. The Kier molecular flexibility index (Phi) is 6.73. The maximum Gasteiger partial charge on any atom is 0.251 e. The van der Waals surface area contributed by atoms with Crippen molar-refractivity contribution in [3.8, 4) is 11.4 Å². The van der Waals surface area contributed by atoms with E-state index in [1.807, 2.05) is 18.2 Å². The van der Waals surface area contributed by atoms with Crippen molar-refractivity contribution in [2.45, 2.75) is 59.5 Å². The van der Waals surface area contributed by atoms with Gasteiger partial charge < -0.3 is 4.98 Å². The van der Waals surface area contributed by atoms with Gasteiger partial charge in [-0.05, 0) is 38.8 Å². The molecule has 0 bridgehead atoms. The summed E-state index contributed by atoms with van der Waals surface area (Å²) in [6, 6.07) is 10.3. The highest BCUT2D eigenvalue weighted by atomic mass is 16.1. The van der Waals surface area contributed by atoms with Crippen LogP contribution in [0.25, 0.3) is 11.4 Å². The fourth-order valence-electron chi connectivity index (χ4n) is 2.89. The van der Waals surface area contributed by atoms with Crippen molar-refractivity contribution in [2.24, 2.45) is 0 Å². The molecule has 1 N–H and O–H groups in total. The number of nitrogens with one attached hydrogen (secondary N) is 1. The molecule has 1 heterocycles. The number of nitrogens with zero attached hydrogens (tertiary/aromatic N) is 2. The van der Waals surface area contributed by atoms with Crippen molar-refractivity contribution >= 4 is 0 Å². The second-order valence-corrected chi connectivity index (χ2v) is 6.50. The zero-order chi connectivity index (χ0) is 17.5. The Balaban J connectivity index is 2.38. The summed E-state index contributed by atoms with van der Waals surface area (Å²) in [5.74, 6) is 0.684. The van der Waals surface area contributed by atoms with Gasteiger partial charge in [-0.1, -0.05) is 44.5 Å². The molecule has 24 heavy (non-hydrogen) atoms. The molecule has 2 aromatic rings. The molecule has 0 aliphatic rings. The normalized spacial score (nSPS) is 11.4. The van der Waals surface area contributed by atoms with Crippen LogP contribution in [0.5, 0.6) is 0 Å². The van der Waals surface area contributed by atoms with E-state index in [0.717, 1.165) is 43.6 Å². The predicted molar refractivity (Wildman–Crippen MR) is 100 cm³/mol. The largest absolute Gasteiger partial charge is 0.307 e. The van der Waals surface area contributed by atoms with Gasteiger partial charge in [-0.25, -0.2) is 4.98 Å². The molecule has 0 saturated heterocycles. The fourth-order valence-corrected chi connectivity index (χ4v) is 2.89. The second-order valence-electron chi connectivity index (χ2n) is 6.50. The molecule has 4 nitrogen and oxygen atoms in total. The quantitative estimate of drug-likeness (QED) is 0.797. The zero-order valence-corrected chi connectivity index (χ0v) is 15.3. The summed E-state index contributed by atoms with van der Waals surface area (Å²) in [7, 11) is 0. The molecule has 0 aliphatic carbocycles. The molecular formula is C20H29N3O. The van der Waals surface area contributed by atoms with Gasteiger partial charge in [0.1, 0.15) is 5.82 Å². The molecule has 2 rings (SSSR count). The number of H-pyrrole nitrogens is 1. The number of unbranched alkanes of at least 4 members (excludes halogenated alkanes) is 1. The van der Waals surface area contributed by atoms with Crippen molar-refractivity contribution in [3.63, 3.8) is 0 Å². The van der Waals surface area contributed by atoms with Gasteiger partial charge in [0.2, 0.25) is 0 Å². The van der Waals surface area contributed by atoms with E-state index >= 15 is 0 Å². The lowest BCUT2D eigenvalue weighted by Crippen LogP contribution is -2.30. The summed E-state index contributed by atoms with van der Waals surface area (Å²) >= 11 is 0. The van der Waals surface area contributed by atoms with Crippen LogP contribution in [0.4, 0.5) is 0 Å². The Hall–Kier alpha value is -1.94. The van der Waals surface area contributed by atoms with E-state index in [0.29, 0.717) is 11.9 Å². The Morgan fingerprint density at radius 1 is 1.21 bits per heavy atom. The smallest absolute Gasteiger partial charge is 0.251 e. The summed E-state index contributed by atoms with van der Waals surface area (Å²) in [6.45, 7) is 10.6. The summed E-state index contributed by atoms with van der Waals surface area (Å²) < 4.78 is 0. The number of aromatic amines is 1. The summed E-state index contributed by atoms with van der Waals surface area (Å²) in [5.41, 5.74) is 3.02. The minimum atomic E-state index is -0.0721. The highest BCUT2D eigenvalue weighted by molar-refractivity contribution is 5.60. The first-order chi connectivity index (χ1) is 11.5. The molecule has 0 spiro atoms. The van der Waals surface area contributed by atoms with Gasteiger partial charge in [-0.15, -0.1) is 0 Å². The topological polar surface area (TPSA) is 49.0 Å². The highest BCUT2D eigenvalue weighted by Gasteiger charge is 2.13. The molecule has 130 valence electrons. The van der Waals surface area contributed by atoms with Gasteiger partial charge in [-0.2, -0.15) is 0 Å². The maximum atomic E-state index is 12.0. The van der Waals surface area contributed by atoms with Crippen molar-refractivity contribution in [2.75, 3.05) is 6.54 Å². The van der Waals surface area contributed by atoms with E-state index in [2.05, 4.69) is 43.6 Å². The molecule has 0 atom stereocenters. The van der Waals surface area contributed by atoms with Crippen molar-refractivity contribution in [1.82, 2.24) is 14.9 Å². The molecule has 0 saturated carbocycles. The van der Waals surface area contributed by atoms with Crippen LogP contribution in [0.15, 0.2) is 35.1 Å². The lowest BCUT2D eigenvalue weighted by Gasteiger charge is -2.25. The standard InChI is InChI=1S/C20H29N3O/c1-5-7-11-17-13-19(24)22-20(21-17)18-12-9-8-10-16(18)14-23(6-2)15(3)4/h8-10,12-13,15H,5-7,11,14H2,1-4H3,(H,21,22,24). The summed E-state index contributed by atoms with van der Waals surface area (Å²) in [6.07, 6.45) is 3.00. The minimum Gasteiger partial charge on any atom is -0.307 e. The molecule has 1 aromatic heterocycles. The number of benzene rings is 1. The van der Waals surface area contributed by atoms with Gasteiger partial charge in [0, 0.05) is 29.9 Å². The first-order valence-electron chi connectivity index (χ1n) is 8.97. The van der Waals surface area contributed by atoms with E-state index < -0.39 is 0 Å². The molecule has 0 radical (unpaired) electrons. The van der Waals surface area contributed by atoms with Gasteiger partial charge in [-0.3, -0.25) is 9.69 Å². The summed E-state index contributed by atoms with van der Waals surface area (Å²) in [5, 5.41) is 0. The number of hydrogen-bond acceptors (Lipinski definition) is 3. The van der Waals surface area contributed by atoms with Crippen molar-refractivity contribution in [3.05, 3.63) is 51.9 Å². The second kappa shape index (κ2) is 8.78. The Bertz CT molecular complexity index is 706. The molecule has 0 aliphatic heterocycles. The van der Waals surface area contributed by atoms with E-state index in [4.69, 9.17) is 4.98 Å². The van der Waals surface area contributed by atoms with Crippen LogP contribution in [0, 0.1) is 0 Å². The number of rotatable bonds is 8. The molecule has 1 aromatic carbocycles. The number of hydrogen-bond donors (Lipinski definition) is 1. The van der Waals surface area contributed by atoms with Gasteiger partial charge >= 0.3 is 0 Å². The molecule has 0 amide bonds. The third-order valence-electron chi connectivity index (χ3n) is 4.36. The van der Waals surface area contributed by atoms with Crippen LogP contribution < -0.4 is 5.56 Å². The van der Waals surface area contributed by atoms with E-state index in [1.54, 1.807) is 6.07 Å². The van der Waals surface area contributed by atoms with E-state index in [9.17, 15) is 4.79 Å². The molecule has 0 unspecified atom stereocenters. The number of aromatic nitrogens is 2. The van der Waals surface area contributed by atoms with Crippen LogP contribution in [-0.4, -0.2) is 27.5 Å². The Morgan fingerprint density at radius 2 is 1.96 bits per heavy atom. The van der Waals surface area contributed by atoms with Gasteiger partial charge in [0.25, 0.3) is 5.56 Å². The third kappa shape index (κ3) is 4.78. The van der Waals surface area contributed by atoms with Crippen LogP contribution in [0.2, 0.25) is 0 Å². The average molecular weight is 327 g/mol. The Labute approximate surface area is 144 Å². The predicted octanol–water partition coefficient (Wildman–Crippen LogP) is 4.01. The first-order valence-corrected chi connectivity index (χ1v) is 8.97. The fraction of sp³-hybridized carbons (Fsp3) is 0.500. The van der Waals surface area contributed by atoms with Crippen molar-refractivity contribution < 1.29 is 0 Å². The third-order valence-corrected chi connectivity index (χ3v) is 4.36. The molecular weight excluding hydrogens is 298 g/mol. The average Bonchev–Trinajstić information content (AvgIpc) is 2.57. The Morgan fingerprint density at radius 3 is 2.62 bits per heavy atom. The van der Waals surface area contributed by atoms with Crippen molar-refractivity contribution in [1.29, 1.82) is 0 Å². The molecule has 0 fully saturated rings. The zero-order valence-electron chi connectivity index (χ0n) is 15.3. The SMILES string of the molecule is CCCCc1cc(=O)[nH]c(-c2ccccc2CN(CC)C(C)C)n1. The minimum absolute atomic E-state index is 0.0721. The molecule has 4 heteroatoms. The van der Waals surface area contributed by atoms with Crippen LogP contribution in [0.3, 0.4) is 0 Å². The highest BCUT2D eigenvalue weighted by Crippen LogP contribution is 2.22. The lowest BCUT2D eigenvalue weighted by atomic mass is 10.1. The lowest BCUT2D eigenvalue weighted by molar-refractivity contribution is 0.225. The van der Waals surface area contributed by atoms with E-state index in [1.165, 1.54) is 5.56 Å². The van der Waals surface area contributed by atoms with Crippen LogP contribution >= 0.6 is 0 Å². The van der Waals surface area contributed by atoms with Gasteiger partial charge in [0.15, 0.2) is 0 Å². The first kappa shape index (κ1) is 18.4. The summed E-state index contributed by atoms with van der Waals surface area (Å²) in [4.78, 5) is 22.1. The monoisotopic (exact) mass is 327 g/mol.